The first kappa shape index (κ1) is 93.7. The second-order valence-electron chi connectivity index (χ2n) is 21.7. The third-order valence-electron chi connectivity index (χ3n) is 15.2. The fourth-order valence-electron chi connectivity index (χ4n) is 9.70. The molecule has 0 atom stereocenters. The standard InChI is InChI=1S/C16H33N2O.C16H31N2O.C14H25BrNO.C10H20NO.4CH3.4W/c1-16(2,18(4)5)13-19-12-15-8-6-14(7-9-15)10-11-17-3;1-17-11-10-15-6-8-16(9-7-15)14-19-13-5-4-12-18(2)3;1-16-10-8-13-4-6-14(7-5-13)12-17-11-3-2-9-15;1-11-7-6-9-2-4-10(8-12)5-3-9;;;;;;;;/h14-15H,6-13H2,1-5H3;4-5,15-16H,6-14H2,1-3H3;2-3,13-14H,4-12H2,1H3;9-10,12H,2-8H2,1H3;4*1H3;;;;/q8*-1;4*+2/b;5-4+;3-2+;;;;;;;;;. The molecule has 0 amide bonds. The number of aliphatic hydroxyl groups excluding tert-OH is 1. The van der Waals surface area contributed by atoms with Gasteiger partial charge in [0, 0.05) is 43.8 Å². The van der Waals surface area contributed by atoms with Crippen LogP contribution in [0.2, 0.25) is 0 Å². The number of aliphatic hydroxyl groups is 1. The molecule has 10 nitrogen and oxygen atoms in total. The number of ether oxygens (including phenoxy) is 3. The molecular formula is C60H121BrN6O4W4. The van der Waals surface area contributed by atoms with Crippen molar-refractivity contribution in [3.8, 4) is 0 Å². The van der Waals surface area contributed by atoms with Gasteiger partial charge < -0.3 is 80.1 Å². The van der Waals surface area contributed by atoms with Gasteiger partial charge in [-0.1, -0.05) is 117 Å². The summed E-state index contributed by atoms with van der Waals surface area (Å²) in [7, 11) is 16.0. The van der Waals surface area contributed by atoms with Crippen molar-refractivity contribution >= 4 is 15.9 Å². The van der Waals surface area contributed by atoms with Gasteiger partial charge in [-0.2, -0.15) is 28.2 Å². The summed E-state index contributed by atoms with van der Waals surface area (Å²) in [5.74, 6) is 6.60. The molecule has 75 heavy (non-hydrogen) atoms. The molecule has 1 N–H and O–H groups in total. The molecule has 0 aromatic heterocycles. The van der Waals surface area contributed by atoms with E-state index in [1.807, 2.05) is 28.2 Å². The molecule has 0 unspecified atom stereocenters. The van der Waals surface area contributed by atoms with Crippen LogP contribution in [0.1, 0.15) is 142 Å². The van der Waals surface area contributed by atoms with Crippen LogP contribution in [0.25, 0.3) is 21.3 Å². The maximum atomic E-state index is 8.93. The summed E-state index contributed by atoms with van der Waals surface area (Å²) >= 11 is 3.36. The summed E-state index contributed by atoms with van der Waals surface area (Å²) in [5, 5.41) is 26.6. The fraction of sp³-hybridized carbons (Fsp3) is 0.867. The van der Waals surface area contributed by atoms with Crippen LogP contribution < -0.4 is 0 Å². The molecule has 0 aromatic carbocycles. The van der Waals surface area contributed by atoms with E-state index >= 15 is 0 Å². The van der Waals surface area contributed by atoms with Gasteiger partial charge in [-0.15, -0.1) is 26.2 Å². The summed E-state index contributed by atoms with van der Waals surface area (Å²) in [6.07, 6.45) is 35.0. The molecule has 4 fully saturated rings. The molecule has 15 heteroatoms. The van der Waals surface area contributed by atoms with Gasteiger partial charge in [-0.05, 0) is 141 Å². The van der Waals surface area contributed by atoms with Crippen LogP contribution in [0.15, 0.2) is 24.3 Å². The molecule has 0 aromatic rings. The van der Waals surface area contributed by atoms with Crippen molar-refractivity contribution in [3.05, 3.63) is 75.3 Å². The summed E-state index contributed by atoms with van der Waals surface area (Å²) in [4.78, 5) is 4.39. The number of alkyl halides is 1. The van der Waals surface area contributed by atoms with Crippen LogP contribution in [-0.2, 0) is 98.5 Å². The molecule has 4 aliphatic rings. The van der Waals surface area contributed by atoms with Gasteiger partial charge in [0.1, 0.15) is 0 Å². The number of halogens is 1. The first-order valence-corrected chi connectivity index (χ1v) is 28.3. The van der Waals surface area contributed by atoms with Gasteiger partial charge in [0.05, 0.1) is 19.8 Å². The Morgan fingerprint density at radius 3 is 1.00 bits per heavy atom. The van der Waals surface area contributed by atoms with Crippen LogP contribution >= 0.6 is 15.9 Å². The predicted octanol–water partition coefficient (Wildman–Crippen LogP) is 15.0. The van der Waals surface area contributed by atoms with Crippen molar-refractivity contribution in [2.24, 2.45) is 47.3 Å². The zero-order chi connectivity index (χ0) is 49.4. The van der Waals surface area contributed by atoms with E-state index < -0.39 is 0 Å². The Kier molecular flexibility index (Phi) is 79.8. The average molecular weight is 1810 g/mol. The fourth-order valence-corrected chi connectivity index (χ4v) is 9.97. The molecule has 0 saturated heterocycles. The molecule has 0 spiro atoms. The van der Waals surface area contributed by atoms with E-state index in [1.165, 1.54) is 128 Å². The maximum absolute atomic E-state index is 8.93. The van der Waals surface area contributed by atoms with E-state index in [2.05, 4.69) is 113 Å². The van der Waals surface area contributed by atoms with Gasteiger partial charge in [-0.25, -0.2) is 0 Å². The number of allylic oxidation sites excluding steroid dienone is 1. The van der Waals surface area contributed by atoms with Crippen LogP contribution in [0.5, 0.6) is 0 Å². The monoisotopic (exact) mass is 1800 g/mol. The third-order valence-corrected chi connectivity index (χ3v) is 15.6. The van der Waals surface area contributed by atoms with Crippen molar-refractivity contribution in [2.45, 2.75) is 148 Å². The smallest absolute Gasteiger partial charge is 0.665 e. The van der Waals surface area contributed by atoms with E-state index in [4.69, 9.17) is 19.3 Å². The van der Waals surface area contributed by atoms with Gasteiger partial charge in [0.25, 0.3) is 0 Å². The summed E-state index contributed by atoms with van der Waals surface area (Å²) < 4.78 is 17.4. The molecule has 0 radical (unpaired) electrons. The van der Waals surface area contributed by atoms with E-state index in [9.17, 15) is 0 Å². The number of rotatable bonds is 29. The Morgan fingerprint density at radius 2 is 0.733 bits per heavy atom. The van der Waals surface area contributed by atoms with Gasteiger partial charge in [0.15, 0.2) is 0 Å². The second-order valence-corrected chi connectivity index (χ2v) is 22.3. The molecular weight excluding hydrogens is 1680 g/mol. The van der Waals surface area contributed by atoms with E-state index in [0.717, 1.165) is 119 Å². The molecule has 4 saturated carbocycles. The largest absolute Gasteiger partial charge is 2.00 e. The van der Waals surface area contributed by atoms with Crippen molar-refractivity contribution < 1.29 is 104 Å². The Balaban J connectivity index is -0.000000130. The van der Waals surface area contributed by atoms with Crippen molar-refractivity contribution in [1.82, 2.24) is 9.80 Å². The van der Waals surface area contributed by atoms with E-state index in [-0.39, 0.29) is 120 Å². The molecule has 0 aliphatic heterocycles. The zero-order valence-electron chi connectivity index (χ0n) is 51.1. The summed E-state index contributed by atoms with van der Waals surface area (Å²) in [5.41, 5.74) is 0.139. The van der Waals surface area contributed by atoms with E-state index in [0.29, 0.717) is 12.5 Å². The van der Waals surface area contributed by atoms with Gasteiger partial charge in [-0.3, -0.25) is 0 Å². The molecule has 0 heterocycles. The first-order valence-electron chi connectivity index (χ1n) is 27.1. The Bertz CT molecular complexity index is 1140. The number of nitrogens with zero attached hydrogens (tertiary/aromatic N) is 6. The quantitative estimate of drug-likeness (QED) is 0.0346. The second kappa shape index (κ2) is 63.9. The Hall–Kier alpha value is 2.31. The Labute approximate surface area is 535 Å². The minimum atomic E-state index is 0. The van der Waals surface area contributed by atoms with Crippen LogP contribution in [-0.4, -0.2) is 161 Å². The van der Waals surface area contributed by atoms with Crippen molar-refractivity contribution in [1.29, 1.82) is 0 Å². The minimum Gasteiger partial charge on any atom is -0.665 e. The topological polar surface area (TPSA) is 111 Å². The van der Waals surface area contributed by atoms with Gasteiger partial charge >= 0.3 is 84.3 Å². The number of hydrogen-bond donors (Lipinski definition) is 1. The van der Waals surface area contributed by atoms with Crippen LogP contribution in [0, 0.1) is 77.0 Å². The maximum Gasteiger partial charge on any atom is 2.00 e. The Morgan fingerprint density at radius 1 is 0.453 bits per heavy atom. The average Bonchev–Trinajstić information content (AvgIpc) is 3.34. The van der Waals surface area contributed by atoms with E-state index in [1.54, 1.807) is 0 Å². The molecule has 4 aliphatic carbocycles. The van der Waals surface area contributed by atoms with Crippen LogP contribution in [0.4, 0.5) is 0 Å². The van der Waals surface area contributed by atoms with Crippen molar-refractivity contribution in [2.75, 3.05) is 141 Å². The predicted molar refractivity (Wildman–Crippen MR) is 320 cm³/mol. The minimum absolute atomic E-state index is 0. The SMILES string of the molecule is C[N-]CCC1CCC(CO)CC1.C[N-]CCC1CCC(COC/C=C/CBr)CC1.C[N-]CCC1CCC(COC/C=C/CN(C)C)CC1.C[N-]CCC1CCC(COCC(C)(C)N(C)C)CC1.[CH3-].[CH3-].[CH3-].[CH3-].[W+2].[W+2].[W+2].[W+2]. The number of hydrogen-bond acceptors (Lipinski definition) is 6. The molecule has 4 rings (SSSR count). The normalized spacial score (nSPS) is 23.2. The third kappa shape index (κ3) is 52.8. The molecule has 0 bridgehead atoms. The zero-order valence-corrected chi connectivity index (χ0v) is 64.4. The van der Waals surface area contributed by atoms with Crippen LogP contribution in [0.3, 0.4) is 0 Å². The first-order chi connectivity index (χ1) is 32.4. The van der Waals surface area contributed by atoms with Gasteiger partial charge in [0.2, 0.25) is 0 Å². The summed E-state index contributed by atoms with van der Waals surface area (Å²) in [6.45, 7) is 15.2. The number of likely N-dealkylation sites (N-methyl/N-ethyl adjacent to an activating group) is 2. The summed E-state index contributed by atoms with van der Waals surface area (Å²) in [6, 6.07) is 0. The van der Waals surface area contributed by atoms with Crippen molar-refractivity contribution in [3.63, 3.8) is 0 Å². The molecule has 446 valence electrons.